The normalized spacial score (nSPS) is 29.0. The second-order valence-corrected chi connectivity index (χ2v) is 4.70. The summed E-state index contributed by atoms with van der Waals surface area (Å²) in [6.45, 7) is 4.56. The molecule has 0 spiro atoms. The topological polar surface area (TPSA) is 12.0 Å². The molecule has 0 amide bonds. The van der Waals surface area contributed by atoms with E-state index in [1.165, 1.54) is 24.1 Å². The molecule has 0 aromatic heterocycles. The molecule has 0 radical (unpaired) electrons. The average molecular weight is 199 g/mol. The molecule has 1 heteroatoms. The van der Waals surface area contributed by atoms with Crippen LogP contribution in [0, 0.1) is 5.92 Å². The molecular formula is C14H17N. The number of hydrogen-bond acceptors (Lipinski definition) is 1. The number of nitrogens with one attached hydrogen (secondary N) is 1. The van der Waals surface area contributed by atoms with Gasteiger partial charge in [0.25, 0.3) is 0 Å². The van der Waals surface area contributed by atoms with Crippen LogP contribution in [-0.2, 0) is 0 Å². The van der Waals surface area contributed by atoms with Crippen LogP contribution >= 0.6 is 0 Å². The van der Waals surface area contributed by atoms with Gasteiger partial charge in [-0.2, -0.15) is 0 Å². The van der Waals surface area contributed by atoms with Crippen LogP contribution in [0.15, 0.2) is 30.3 Å². The highest BCUT2D eigenvalue weighted by Crippen LogP contribution is 2.40. The lowest BCUT2D eigenvalue weighted by molar-refractivity contribution is 0.377. The predicted molar refractivity (Wildman–Crippen MR) is 63.8 cm³/mol. The molecule has 1 N–H and O–H groups in total. The Morgan fingerprint density at radius 1 is 1.27 bits per heavy atom. The smallest absolute Gasteiger partial charge is 0.00203 e. The zero-order valence-corrected chi connectivity index (χ0v) is 9.16. The number of piperidine rings is 1. The first-order valence-electron chi connectivity index (χ1n) is 5.84. The average Bonchev–Trinajstić information content (AvgIpc) is 2.30. The molecule has 1 heterocycles. The minimum Gasteiger partial charge on any atom is -0.316 e. The predicted octanol–water partition coefficient (Wildman–Crippen LogP) is 2.80. The van der Waals surface area contributed by atoms with Crippen LogP contribution in [0.2, 0.25) is 0 Å². The molecule has 0 bridgehead atoms. The third-order valence-electron chi connectivity index (χ3n) is 3.78. The Balaban J connectivity index is 2.10. The molecule has 1 aromatic carbocycles. The fourth-order valence-corrected chi connectivity index (χ4v) is 3.03. The Labute approximate surface area is 91.2 Å². The van der Waals surface area contributed by atoms with Crippen LogP contribution in [-0.4, -0.2) is 13.1 Å². The summed E-state index contributed by atoms with van der Waals surface area (Å²) in [6, 6.07) is 8.91. The van der Waals surface area contributed by atoms with E-state index in [4.69, 9.17) is 0 Å². The highest BCUT2D eigenvalue weighted by atomic mass is 14.9. The summed E-state index contributed by atoms with van der Waals surface area (Å²) in [4.78, 5) is 0. The third-order valence-corrected chi connectivity index (χ3v) is 3.78. The zero-order chi connectivity index (χ0) is 10.3. The highest BCUT2D eigenvalue weighted by Gasteiger charge is 2.29. The van der Waals surface area contributed by atoms with Gasteiger partial charge in [0.05, 0.1) is 0 Å². The van der Waals surface area contributed by atoms with Gasteiger partial charge in [-0.25, -0.2) is 0 Å². The van der Waals surface area contributed by atoms with Crippen molar-refractivity contribution in [3.05, 3.63) is 41.5 Å². The van der Waals surface area contributed by atoms with Gasteiger partial charge < -0.3 is 5.32 Å². The van der Waals surface area contributed by atoms with Gasteiger partial charge in [-0.15, -0.1) is 0 Å². The summed E-state index contributed by atoms with van der Waals surface area (Å²) in [7, 11) is 0. The summed E-state index contributed by atoms with van der Waals surface area (Å²) in [6.07, 6.45) is 3.74. The van der Waals surface area contributed by atoms with Gasteiger partial charge in [0.15, 0.2) is 0 Å². The molecule has 2 aliphatic rings. The van der Waals surface area contributed by atoms with E-state index < -0.39 is 0 Å². The van der Waals surface area contributed by atoms with E-state index in [2.05, 4.69) is 42.6 Å². The maximum atomic E-state index is 3.49. The van der Waals surface area contributed by atoms with E-state index in [-0.39, 0.29) is 0 Å². The lowest BCUT2D eigenvalue weighted by atomic mass is 9.73. The molecule has 15 heavy (non-hydrogen) atoms. The second kappa shape index (κ2) is 3.49. The van der Waals surface area contributed by atoms with Crippen LogP contribution in [0.1, 0.15) is 30.4 Å². The van der Waals surface area contributed by atoms with Crippen molar-refractivity contribution < 1.29 is 0 Å². The molecular weight excluding hydrogens is 182 g/mol. The van der Waals surface area contributed by atoms with Gasteiger partial charge in [0, 0.05) is 6.54 Å². The van der Waals surface area contributed by atoms with Gasteiger partial charge in [0.2, 0.25) is 0 Å². The molecule has 3 rings (SSSR count). The van der Waals surface area contributed by atoms with Crippen molar-refractivity contribution in [2.24, 2.45) is 5.92 Å². The second-order valence-electron chi connectivity index (χ2n) is 4.70. The van der Waals surface area contributed by atoms with Crippen molar-refractivity contribution in [3.63, 3.8) is 0 Å². The van der Waals surface area contributed by atoms with Gasteiger partial charge in [-0.1, -0.05) is 30.3 Å². The molecule has 1 fully saturated rings. The molecule has 1 aromatic rings. The summed E-state index contributed by atoms with van der Waals surface area (Å²) in [5.74, 6) is 1.47. The number of allylic oxidation sites excluding steroid dienone is 1. The van der Waals surface area contributed by atoms with Gasteiger partial charge in [-0.05, 0) is 48.4 Å². The Morgan fingerprint density at radius 3 is 3.07 bits per heavy atom. The van der Waals surface area contributed by atoms with E-state index in [1.54, 1.807) is 5.56 Å². The lowest BCUT2D eigenvalue weighted by Gasteiger charge is -2.35. The van der Waals surface area contributed by atoms with Gasteiger partial charge in [0.1, 0.15) is 0 Å². The van der Waals surface area contributed by atoms with Crippen molar-refractivity contribution in [2.75, 3.05) is 13.1 Å². The fourth-order valence-electron chi connectivity index (χ4n) is 3.03. The molecule has 1 saturated heterocycles. The summed E-state index contributed by atoms with van der Waals surface area (Å²) < 4.78 is 0. The van der Waals surface area contributed by atoms with Crippen molar-refractivity contribution in [1.82, 2.24) is 5.32 Å². The summed E-state index contributed by atoms with van der Waals surface area (Å²) >= 11 is 0. The van der Waals surface area contributed by atoms with E-state index in [0.29, 0.717) is 5.92 Å². The van der Waals surface area contributed by atoms with Crippen LogP contribution in [0.3, 0.4) is 0 Å². The van der Waals surface area contributed by atoms with E-state index in [0.717, 1.165) is 12.5 Å². The largest absolute Gasteiger partial charge is 0.316 e. The molecule has 1 aliphatic carbocycles. The molecule has 0 unspecified atom stereocenters. The van der Waals surface area contributed by atoms with Crippen LogP contribution in [0.25, 0.3) is 5.57 Å². The maximum Gasteiger partial charge on any atom is 0.00203 e. The Hall–Kier alpha value is -1.08. The summed E-state index contributed by atoms with van der Waals surface area (Å²) in [5.41, 5.74) is 4.50. The van der Waals surface area contributed by atoms with E-state index in [9.17, 15) is 0 Å². The fraction of sp³-hybridized carbons (Fsp3) is 0.429. The number of rotatable bonds is 0. The van der Waals surface area contributed by atoms with Crippen molar-refractivity contribution in [3.8, 4) is 0 Å². The monoisotopic (exact) mass is 199 g/mol. The SMILES string of the molecule is CC1=C[C@@H]2CNCC[C@H]2c2ccccc21. The maximum absolute atomic E-state index is 3.49. The van der Waals surface area contributed by atoms with Crippen LogP contribution in [0.5, 0.6) is 0 Å². The Bertz CT molecular complexity index is 406. The molecule has 1 nitrogen and oxygen atoms in total. The van der Waals surface area contributed by atoms with E-state index in [1.807, 2.05) is 0 Å². The zero-order valence-electron chi connectivity index (χ0n) is 9.16. The van der Waals surface area contributed by atoms with Crippen molar-refractivity contribution >= 4 is 5.57 Å². The first kappa shape index (κ1) is 9.17. The Morgan fingerprint density at radius 2 is 2.13 bits per heavy atom. The standard InChI is InChI=1S/C14H17N/c1-10-8-11-9-15-7-6-13(11)14-5-3-2-4-12(10)14/h2-5,8,11,13,15H,6-7,9H2,1H3/t11-,13-/m1/s1. The van der Waals surface area contributed by atoms with Crippen molar-refractivity contribution in [1.29, 1.82) is 0 Å². The minimum atomic E-state index is 0.716. The first-order valence-corrected chi connectivity index (χ1v) is 5.84. The summed E-state index contributed by atoms with van der Waals surface area (Å²) in [5, 5.41) is 3.49. The van der Waals surface area contributed by atoms with Gasteiger partial charge in [-0.3, -0.25) is 0 Å². The number of hydrogen-bond donors (Lipinski definition) is 1. The third kappa shape index (κ3) is 1.42. The molecule has 78 valence electrons. The van der Waals surface area contributed by atoms with Crippen molar-refractivity contribution in [2.45, 2.75) is 19.3 Å². The number of fused-ring (bicyclic) bond motifs is 3. The highest BCUT2D eigenvalue weighted by molar-refractivity contribution is 5.70. The minimum absolute atomic E-state index is 0.716. The van der Waals surface area contributed by atoms with Crippen LogP contribution in [0.4, 0.5) is 0 Å². The van der Waals surface area contributed by atoms with Crippen LogP contribution < -0.4 is 5.32 Å². The first-order chi connectivity index (χ1) is 7.36. The Kier molecular flexibility index (Phi) is 2.14. The molecule has 1 aliphatic heterocycles. The van der Waals surface area contributed by atoms with E-state index >= 15 is 0 Å². The van der Waals surface area contributed by atoms with Gasteiger partial charge >= 0.3 is 0 Å². The molecule has 2 atom stereocenters. The lowest BCUT2D eigenvalue weighted by Crippen LogP contribution is -2.36. The number of benzene rings is 1. The molecule has 0 saturated carbocycles. The quantitative estimate of drug-likeness (QED) is 0.677.